The summed E-state index contributed by atoms with van der Waals surface area (Å²) in [5.74, 6) is 0.790. The highest BCUT2D eigenvalue weighted by Gasteiger charge is 2.04. The first kappa shape index (κ1) is 13.4. The van der Waals surface area contributed by atoms with E-state index in [0.29, 0.717) is 17.3 Å². The Labute approximate surface area is 116 Å². The Morgan fingerprint density at radius 1 is 1.47 bits per heavy atom. The molecule has 0 spiro atoms. The number of benzene rings is 1. The van der Waals surface area contributed by atoms with Crippen LogP contribution < -0.4 is 10.6 Å². The Balaban J connectivity index is 2.04. The lowest BCUT2D eigenvalue weighted by Gasteiger charge is -2.09. The number of rotatable bonds is 4. The number of nitrogens with one attached hydrogen (secondary N) is 2. The fourth-order valence-corrected chi connectivity index (χ4v) is 1.89. The molecule has 1 aromatic heterocycles. The summed E-state index contributed by atoms with van der Waals surface area (Å²) in [5.41, 5.74) is 1.49. The summed E-state index contributed by atoms with van der Waals surface area (Å²) in [5, 5.41) is 6.39. The number of amides is 1. The Kier molecular flexibility index (Phi) is 4.06. The van der Waals surface area contributed by atoms with E-state index in [-0.39, 0.29) is 5.91 Å². The van der Waals surface area contributed by atoms with E-state index in [1.807, 2.05) is 23.9 Å². The van der Waals surface area contributed by atoms with Gasteiger partial charge in [-0.3, -0.25) is 4.79 Å². The second kappa shape index (κ2) is 5.75. The molecule has 1 heterocycles. The minimum absolute atomic E-state index is 0.143. The first-order valence-electron chi connectivity index (χ1n) is 5.83. The number of aromatic nitrogens is 2. The average molecular weight is 279 g/mol. The van der Waals surface area contributed by atoms with Gasteiger partial charge in [0.1, 0.15) is 5.82 Å². The van der Waals surface area contributed by atoms with Gasteiger partial charge in [0.15, 0.2) is 0 Å². The average Bonchev–Trinajstić information content (AvgIpc) is 2.75. The third-order valence-corrected chi connectivity index (χ3v) is 2.96. The quantitative estimate of drug-likeness (QED) is 0.904. The summed E-state index contributed by atoms with van der Waals surface area (Å²) >= 11 is 6.09. The molecule has 1 aromatic carbocycles. The maximum Gasteiger partial charge on any atom is 0.221 e. The predicted molar refractivity (Wildman–Crippen MR) is 76.3 cm³/mol. The molecule has 0 fully saturated rings. The number of anilines is 2. The van der Waals surface area contributed by atoms with Crippen LogP contribution in [0.25, 0.3) is 0 Å². The van der Waals surface area contributed by atoms with Crippen molar-refractivity contribution in [1.82, 2.24) is 9.55 Å². The maximum atomic E-state index is 11.0. The van der Waals surface area contributed by atoms with Crippen LogP contribution in [0.5, 0.6) is 0 Å². The highest BCUT2D eigenvalue weighted by molar-refractivity contribution is 6.34. The molecule has 0 saturated carbocycles. The number of carbonyl (C=O) groups is 1. The summed E-state index contributed by atoms with van der Waals surface area (Å²) < 4.78 is 1.94. The van der Waals surface area contributed by atoms with E-state index in [1.54, 1.807) is 18.3 Å². The van der Waals surface area contributed by atoms with Crippen molar-refractivity contribution >= 4 is 28.9 Å². The Morgan fingerprint density at radius 2 is 2.26 bits per heavy atom. The summed E-state index contributed by atoms with van der Waals surface area (Å²) in [7, 11) is 1.94. The third-order valence-electron chi connectivity index (χ3n) is 2.65. The zero-order chi connectivity index (χ0) is 13.8. The van der Waals surface area contributed by atoms with E-state index in [9.17, 15) is 4.79 Å². The van der Waals surface area contributed by atoms with Crippen molar-refractivity contribution in [2.75, 3.05) is 10.6 Å². The monoisotopic (exact) mass is 278 g/mol. The summed E-state index contributed by atoms with van der Waals surface area (Å²) in [4.78, 5) is 15.2. The molecule has 19 heavy (non-hydrogen) atoms. The van der Waals surface area contributed by atoms with E-state index in [4.69, 9.17) is 11.6 Å². The minimum atomic E-state index is -0.143. The van der Waals surface area contributed by atoms with Crippen LogP contribution >= 0.6 is 11.6 Å². The Bertz CT molecular complexity index is 594. The Morgan fingerprint density at radius 3 is 2.84 bits per heavy atom. The lowest BCUT2D eigenvalue weighted by molar-refractivity contribution is -0.114. The first-order chi connectivity index (χ1) is 9.06. The third kappa shape index (κ3) is 3.48. The zero-order valence-electron chi connectivity index (χ0n) is 10.8. The SMILES string of the molecule is CC(=O)Nc1ccc(NCc2nccn2C)cc1Cl. The molecular weight excluding hydrogens is 264 g/mol. The molecule has 2 N–H and O–H groups in total. The van der Waals surface area contributed by atoms with Crippen LogP contribution in [0.1, 0.15) is 12.7 Å². The first-order valence-corrected chi connectivity index (χ1v) is 6.21. The zero-order valence-corrected chi connectivity index (χ0v) is 11.5. The maximum absolute atomic E-state index is 11.0. The van der Waals surface area contributed by atoms with Crippen LogP contribution in [0, 0.1) is 0 Å². The fraction of sp³-hybridized carbons (Fsp3) is 0.231. The van der Waals surface area contributed by atoms with Gasteiger partial charge in [-0.15, -0.1) is 0 Å². The standard InChI is InChI=1S/C13H15ClN4O/c1-9(19)17-12-4-3-10(7-11(12)14)16-8-13-15-5-6-18(13)2/h3-7,16H,8H2,1-2H3,(H,17,19). The molecule has 0 atom stereocenters. The minimum Gasteiger partial charge on any atom is -0.378 e. The summed E-state index contributed by atoms with van der Waals surface area (Å²) in [6.07, 6.45) is 3.65. The van der Waals surface area contributed by atoms with Gasteiger partial charge in [0.05, 0.1) is 17.3 Å². The van der Waals surface area contributed by atoms with Crippen LogP contribution in [0.4, 0.5) is 11.4 Å². The van der Waals surface area contributed by atoms with Crippen molar-refractivity contribution in [1.29, 1.82) is 0 Å². The van der Waals surface area contributed by atoms with Gasteiger partial charge in [0.2, 0.25) is 5.91 Å². The molecule has 0 aliphatic rings. The van der Waals surface area contributed by atoms with Gasteiger partial charge in [-0.1, -0.05) is 11.6 Å². The molecule has 6 heteroatoms. The van der Waals surface area contributed by atoms with Crippen LogP contribution in [-0.4, -0.2) is 15.5 Å². The van der Waals surface area contributed by atoms with Gasteiger partial charge >= 0.3 is 0 Å². The fourth-order valence-electron chi connectivity index (χ4n) is 1.66. The number of carbonyl (C=O) groups excluding carboxylic acids is 1. The van der Waals surface area contributed by atoms with Gasteiger partial charge in [-0.2, -0.15) is 0 Å². The van der Waals surface area contributed by atoms with E-state index in [2.05, 4.69) is 15.6 Å². The largest absolute Gasteiger partial charge is 0.378 e. The predicted octanol–water partition coefficient (Wildman–Crippen LogP) is 2.64. The number of nitrogens with zero attached hydrogens (tertiary/aromatic N) is 2. The second-order valence-electron chi connectivity index (χ2n) is 4.18. The van der Waals surface area contributed by atoms with Crippen LogP contribution in [-0.2, 0) is 18.4 Å². The highest BCUT2D eigenvalue weighted by Crippen LogP contribution is 2.25. The van der Waals surface area contributed by atoms with Crippen molar-refractivity contribution < 1.29 is 4.79 Å². The lowest BCUT2D eigenvalue weighted by atomic mass is 10.2. The van der Waals surface area contributed by atoms with Crippen molar-refractivity contribution in [3.63, 3.8) is 0 Å². The lowest BCUT2D eigenvalue weighted by Crippen LogP contribution is -2.07. The van der Waals surface area contributed by atoms with Crippen LogP contribution in [0.2, 0.25) is 5.02 Å². The topological polar surface area (TPSA) is 59.0 Å². The number of imidazole rings is 1. The molecule has 0 aliphatic heterocycles. The van der Waals surface area contributed by atoms with Gasteiger partial charge in [0, 0.05) is 32.1 Å². The van der Waals surface area contributed by atoms with Gasteiger partial charge in [-0.25, -0.2) is 4.98 Å². The van der Waals surface area contributed by atoms with Crippen LogP contribution in [0.15, 0.2) is 30.6 Å². The molecule has 0 saturated heterocycles. The van der Waals surface area contributed by atoms with Gasteiger partial charge in [0.25, 0.3) is 0 Å². The molecule has 2 aromatic rings. The summed E-state index contributed by atoms with van der Waals surface area (Å²) in [6.45, 7) is 2.06. The van der Waals surface area contributed by atoms with E-state index in [0.717, 1.165) is 11.5 Å². The molecule has 0 unspecified atom stereocenters. The van der Waals surface area contributed by atoms with Crippen molar-refractivity contribution in [3.05, 3.63) is 41.4 Å². The molecule has 0 radical (unpaired) electrons. The molecule has 5 nitrogen and oxygen atoms in total. The van der Waals surface area contributed by atoms with Gasteiger partial charge in [-0.05, 0) is 18.2 Å². The molecule has 2 rings (SSSR count). The van der Waals surface area contributed by atoms with Crippen molar-refractivity contribution in [3.8, 4) is 0 Å². The number of halogens is 1. The van der Waals surface area contributed by atoms with Crippen LogP contribution in [0.3, 0.4) is 0 Å². The van der Waals surface area contributed by atoms with E-state index < -0.39 is 0 Å². The molecule has 0 aliphatic carbocycles. The Hall–Kier alpha value is -2.01. The normalized spacial score (nSPS) is 10.3. The number of hydrogen-bond acceptors (Lipinski definition) is 3. The molecular formula is C13H15ClN4O. The second-order valence-corrected chi connectivity index (χ2v) is 4.59. The number of hydrogen-bond donors (Lipinski definition) is 2. The van der Waals surface area contributed by atoms with Gasteiger partial charge < -0.3 is 15.2 Å². The molecule has 1 amide bonds. The molecule has 0 bridgehead atoms. The summed E-state index contributed by atoms with van der Waals surface area (Å²) in [6, 6.07) is 5.40. The van der Waals surface area contributed by atoms with Crippen molar-refractivity contribution in [2.45, 2.75) is 13.5 Å². The van der Waals surface area contributed by atoms with E-state index >= 15 is 0 Å². The van der Waals surface area contributed by atoms with Crippen molar-refractivity contribution in [2.24, 2.45) is 7.05 Å². The van der Waals surface area contributed by atoms with E-state index in [1.165, 1.54) is 6.92 Å². The number of aryl methyl sites for hydroxylation is 1. The highest BCUT2D eigenvalue weighted by atomic mass is 35.5. The smallest absolute Gasteiger partial charge is 0.221 e. The molecule has 100 valence electrons.